The molecule has 138 valence electrons. The van der Waals surface area contributed by atoms with Gasteiger partial charge in [-0.1, -0.05) is 12.2 Å². The van der Waals surface area contributed by atoms with Crippen LogP contribution in [0.1, 0.15) is 12.6 Å². The van der Waals surface area contributed by atoms with Crippen molar-refractivity contribution in [3.8, 4) is 0 Å². The summed E-state index contributed by atoms with van der Waals surface area (Å²) in [4.78, 5) is 18.7. The fraction of sp³-hybridized carbons (Fsp3) is 0.533. The lowest BCUT2D eigenvalue weighted by atomic mass is 10.1. The molecule has 2 unspecified atom stereocenters. The Hall–Kier alpha value is -2.31. The van der Waals surface area contributed by atoms with Crippen LogP contribution >= 0.6 is 0 Å². The Morgan fingerprint density at radius 1 is 1.23 bits per heavy atom. The molecule has 5 N–H and O–H groups in total. The molecule has 1 aliphatic carbocycles. The molecule has 0 amide bonds. The molecule has 0 spiro atoms. The van der Waals surface area contributed by atoms with Crippen molar-refractivity contribution < 1.29 is 24.9 Å². The van der Waals surface area contributed by atoms with Crippen LogP contribution in [-0.4, -0.2) is 71.9 Å². The number of anilines is 2. The summed E-state index contributed by atoms with van der Waals surface area (Å²) in [7, 11) is 0. The van der Waals surface area contributed by atoms with Crippen molar-refractivity contribution in [3.05, 3.63) is 18.5 Å². The van der Waals surface area contributed by atoms with E-state index in [-0.39, 0.29) is 18.0 Å². The summed E-state index contributed by atoms with van der Waals surface area (Å²) in [6, 6.07) is 0.0436. The Morgan fingerprint density at radius 3 is 2.73 bits per heavy atom. The largest absolute Gasteiger partial charge is 0.394 e. The van der Waals surface area contributed by atoms with Gasteiger partial charge in [0.1, 0.15) is 29.9 Å². The van der Waals surface area contributed by atoms with E-state index in [2.05, 4.69) is 15.0 Å². The maximum absolute atomic E-state index is 10.3. The van der Waals surface area contributed by atoms with E-state index in [9.17, 15) is 15.3 Å². The monoisotopic (exact) mass is 362 g/mol. The molecule has 2 aliphatic heterocycles. The molecule has 6 atom stereocenters. The number of nitrogens with two attached hydrogens (primary N) is 1. The lowest BCUT2D eigenvalue weighted by molar-refractivity contribution is -0.0511. The quantitative estimate of drug-likeness (QED) is 0.473. The molecule has 2 bridgehead atoms. The van der Waals surface area contributed by atoms with Crippen molar-refractivity contribution in [2.24, 2.45) is 0 Å². The van der Waals surface area contributed by atoms with Gasteiger partial charge >= 0.3 is 0 Å². The first-order chi connectivity index (χ1) is 12.6. The lowest BCUT2D eigenvalue weighted by Gasteiger charge is -2.23. The van der Waals surface area contributed by atoms with Gasteiger partial charge in [-0.25, -0.2) is 10.0 Å². The number of hydroxylamine groups is 1. The van der Waals surface area contributed by atoms with E-state index >= 15 is 0 Å². The average molecular weight is 362 g/mol. The van der Waals surface area contributed by atoms with Crippen LogP contribution in [-0.2, 0) is 9.57 Å². The Bertz CT molecular complexity index is 887. The molecular weight excluding hydrogens is 344 g/mol. The van der Waals surface area contributed by atoms with Crippen LogP contribution in [0.15, 0.2) is 18.5 Å². The van der Waals surface area contributed by atoms with E-state index in [0.717, 1.165) is 6.42 Å². The Kier molecular flexibility index (Phi) is 3.42. The van der Waals surface area contributed by atoms with Gasteiger partial charge in [0.2, 0.25) is 0 Å². The molecule has 2 fully saturated rings. The van der Waals surface area contributed by atoms with Crippen LogP contribution in [0.5, 0.6) is 0 Å². The van der Waals surface area contributed by atoms with Gasteiger partial charge in [0.05, 0.1) is 19.0 Å². The summed E-state index contributed by atoms with van der Waals surface area (Å²) in [5.74, 6) is 0.464. The normalized spacial score (nSPS) is 35.9. The summed E-state index contributed by atoms with van der Waals surface area (Å²) in [6.07, 6.45) is 1.96. The van der Waals surface area contributed by atoms with E-state index in [0.29, 0.717) is 17.1 Å². The highest BCUT2D eigenvalue weighted by atomic mass is 16.7. The second kappa shape index (κ2) is 5.59. The second-order valence-corrected chi connectivity index (χ2v) is 6.62. The molecule has 5 rings (SSSR count). The molecule has 26 heavy (non-hydrogen) atoms. The van der Waals surface area contributed by atoms with Gasteiger partial charge in [0, 0.05) is 6.42 Å². The molecule has 2 aromatic heterocycles. The molecule has 0 radical (unpaired) electrons. The van der Waals surface area contributed by atoms with Gasteiger partial charge in [-0.05, 0) is 0 Å². The third-order valence-electron chi connectivity index (χ3n) is 5.00. The number of aliphatic hydroxyl groups excluding tert-OH is 3. The van der Waals surface area contributed by atoms with Crippen LogP contribution in [0.2, 0.25) is 0 Å². The van der Waals surface area contributed by atoms with Gasteiger partial charge in [-0.2, -0.15) is 9.97 Å². The van der Waals surface area contributed by atoms with Crippen LogP contribution < -0.4 is 10.8 Å². The molecule has 0 saturated carbocycles. The maximum Gasteiger partial charge on any atom is 0.254 e. The van der Waals surface area contributed by atoms with Crippen molar-refractivity contribution in [3.63, 3.8) is 0 Å². The van der Waals surface area contributed by atoms with Crippen molar-refractivity contribution in [1.82, 2.24) is 19.5 Å². The van der Waals surface area contributed by atoms with Crippen LogP contribution in [0.25, 0.3) is 11.2 Å². The zero-order valence-corrected chi connectivity index (χ0v) is 13.6. The highest BCUT2D eigenvalue weighted by Crippen LogP contribution is 2.35. The number of nitrogen functional groups attached to an aromatic ring is 1. The number of imidazole rings is 1. The topological polar surface area (TPSA) is 152 Å². The smallest absolute Gasteiger partial charge is 0.254 e. The maximum atomic E-state index is 10.3. The minimum atomic E-state index is -1.24. The van der Waals surface area contributed by atoms with Gasteiger partial charge in [-0.15, -0.1) is 0 Å². The molecule has 2 saturated heterocycles. The first-order valence-corrected chi connectivity index (χ1v) is 8.33. The molecule has 4 heterocycles. The highest BCUT2D eigenvalue weighted by Gasteiger charge is 2.44. The fourth-order valence-corrected chi connectivity index (χ4v) is 3.64. The predicted octanol–water partition coefficient (Wildman–Crippen LogP) is -1.53. The molecule has 0 aromatic carbocycles. The van der Waals surface area contributed by atoms with E-state index in [1.807, 2.05) is 12.2 Å². The van der Waals surface area contributed by atoms with Crippen LogP contribution in [0, 0.1) is 0 Å². The summed E-state index contributed by atoms with van der Waals surface area (Å²) in [5.41, 5.74) is 6.73. The third kappa shape index (κ3) is 2.15. The molecular formula is C15H18N6O5. The number of ether oxygens (including phenoxy) is 1. The third-order valence-corrected chi connectivity index (χ3v) is 5.00. The average Bonchev–Trinajstić information content (AvgIpc) is 3.40. The van der Waals surface area contributed by atoms with Crippen molar-refractivity contribution in [2.45, 2.75) is 43.1 Å². The van der Waals surface area contributed by atoms with E-state index in [1.54, 1.807) is 5.06 Å². The number of rotatable bonds is 3. The lowest BCUT2D eigenvalue weighted by Crippen LogP contribution is -2.33. The number of hydrogen-bond donors (Lipinski definition) is 4. The van der Waals surface area contributed by atoms with E-state index in [1.165, 1.54) is 10.9 Å². The predicted molar refractivity (Wildman–Crippen MR) is 87.6 cm³/mol. The van der Waals surface area contributed by atoms with Gasteiger partial charge in [-0.3, -0.25) is 9.40 Å². The van der Waals surface area contributed by atoms with E-state index in [4.69, 9.17) is 15.3 Å². The van der Waals surface area contributed by atoms with Gasteiger partial charge in [0.25, 0.3) is 5.95 Å². The Labute approximate surface area is 147 Å². The fourth-order valence-electron chi connectivity index (χ4n) is 3.64. The Balaban J connectivity index is 1.56. The molecule has 11 heteroatoms. The molecule has 2 aromatic rings. The zero-order valence-electron chi connectivity index (χ0n) is 13.6. The van der Waals surface area contributed by atoms with Crippen molar-refractivity contribution >= 4 is 22.9 Å². The highest BCUT2D eigenvalue weighted by molar-refractivity contribution is 5.83. The summed E-state index contributed by atoms with van der Waals surface area (Å²) in [5, 5.41) is 31.1. The molecule has 11 nitrogen and oxygen atoms in total. The number of aliphatic hydroxyl groups is 3. The van der Waals surface area contributed by atoms with Crippen LogP contribution in [0.4, 0.5) is 11.8 Å². The van der Waals surface area contributed by atoms with E-state index < -0.39 is 31.1 Å². The summed E-state index contributed by atoms with van der Waals surface area (Å²) in [6.45, 7) is -0.416. The minimum Gasteiger partial charge on any atom is -0.394 e. The number of nitrogens with zero attached hydrogens (tertiary/aromatic N) is 5. The zero-order chi connectivity index (χ0) is 18.0. The number of fused-ring (bicyclic) bond motifs is 3. The first kappa shape index (κ1) is 15.9. The first-order valence-electron chi connectivity index (χ1n) is 8.33. The Morgan fingerprint density at radius 2 is 2.08 bits per heavy atom. The van der Waals surface area contributed by atoms with Gasteiger partial charge in [0.15, 0.2) is 17.7 Å². The van der Waals surface area contributed by atoms with Crippen molar-refractivity contribution in [1.29, 1.82) is 0 Å². The molecule has 3 aliphatic rings. The standard InChI is InChI=1S/C15H18N6O5/c16-12-9-13(19-15(18-12)21-6-1-2-7(3-6)26-21)20(5-17-9)14-11(24)10(23)8(4-22)25-14/h1-2,5-8,10-11,14,22-24H,3-4H2,(H2,16,18,19)/t6?,7?,8-,10-,11-,14-/m1/s1. The minimum absolute atomic E-state index is 0.00544. The SMILES string of the molecule is Nc1nc(N2OC3C=CC2C3)nc2c1ncn2[C@@H]1O[C@H](CO)[C@@H](O)[C@H]1O. The second-order valence-electron chi connectivity index (χ2n) is 6.62. The van der Waals surface area contributed by atoms with Gasteiger partial charge < -0.3 is 25.8 Å². The van der Waals surface area contributed by atoms with Crippen LogP contribution in [0.3, 0.4) is 0 Å². The van der Waals surface area contributed by atoms with Crippen molar-refractivity contribution in [2.75, 3.05) is 17.4 Å². The number of aromatic nitrogens is 4. The summed E-state index contributed by atoms with van der Waals surface area (Å²) < 4.78 is 7.03. The summed E-state index contributed by atoms with van der Waals surface area (Å²) >= 11 is 0. The number of hydrogen-bond acceptors (Lipinski definition) is 10.